The average molecular weight is 255 g/mol. The molecule has 0 fully saturated rings. The number of carbonyl (C=O) groups excluding carboxylic acids is 1. The maximum atomic E-state index is 11.6. The highest BCUT2D eigenvalue weighted by atomic mass is 32.2. The summed E-state index contributed by atoms with van der Waals surface area (Å²) in [5.41, 5.74) is 6.36. The molecular weight excluding hydrogens is 238 g/mol. The van der Waals surface area contributed by atoms with Crippen LogP contribution in [0, 0.1) is 0 Å². The van der Waals surface area contributed by atoms with Crippen molar-refractivity contribution in [3.63, 3.8) is 0 Å². The minimum absolute atomic E-state index is 0.0732. The highest BCUT2D eigenvalue weighted by Gasteiger charge is 2.09. The van der Waals surface area contributed by atoms with Crippen molar-refractivity contribution in [3.8, 4) is 0 Å². The third-order valence-electron chi connectivity index (χ3n) is 2.42. The molecule has 2 atom stereocenters. The predicted octanol–water partition coefficient (Wildman–Crippen LogP) is 0.551. The van der Waals surface area contributed by atoms with Gasteiger partial charge in [-0.15, -0.1) is 0 Å². The summed E-state index contributed by atoms with van der Waals surface area (Å²) in [5, 5.41) is 2.79. The van der Waals surface area contributed by atoms with Crippen molar-refractivity contribution in [2.45, 2.75) is 18.6 Å². The van der Waals surface area contributed by atoms with Gasteiger partial charge in [0.15, 0.2) is 0 Å². The maximum absolute atomic E-state index is 11.6. The molecule has 0 radical (unpaired) electrons. The van der Waals surface area contributed by atoms with Gasteiger partial charge in [-0.1, -0.05) is 6.92 Å². The van der Waals surface area contributed by atoms with Gasteiger partial charge < -0.3 is 11.1 Å². The molecule has 1 heterocycles. The van der Waals surface area contributed by atoms with Gasteiger partial charge in [0.1, 0.15) is 5.69 Å². The minimum atomic E-state index is -0.860. The molecule has 0 aromatic carbocycles. The SMILES string of the molecule is CC(CCNC(=O)c1cc(N)ccn1)S(C)=O. The molecule has 0 saturated carbocycles. The van der Waals surface area contributed by atoms with Gasteiger partial charge in [0.2, 0.25) is 0 Å². The van der Waals surface area contributed by atoms with E-state index in [0.29, 0.717) is 24.3 Å². The van der Waals surface area contributed by atoms with Crippen molar-refractivity contribution >= 4 is 22.4 Å². The fourth-order valence-corrected chi connectivity index (χ4v) is 1.67. The van der Waals surface area contributed by atoms with E-state index in [-0.39, 0.29) is 11.2 Å². The molecule has 94 valence electrons. The first-order valence-electron chi connectivity index (χ1n) is 5.32. The Labute approximate surface area is 103 Å². The molecule has 0 saturated heterocycles. The van der Waals surface area contributed by atoms with E-state index in [0.717, 1.165) is 0 Å². The van der Waals surface area contributed by atoms with Crippen LogP contribution in [0.25, 0.3) is 0 Å². The molecule has 5 nitrogen and oxygen atoms in total. The summed E-state index contributed by atoms with van der Waals surface area (Å²) in [6.45, 7) is 2.37. The highest BCUT2D eigenvalue weighted by Crippen LogP contribution is 2.03. The first-order valence-corrected chi connectivity index (χ1v) is 6.94. The number of hydrogen-bond donors (Lipinski definition) is 2. The lowest BCUT2D eigenvalue weighted by Gasteiger charge is -2.09. The number of nitrogens with two attached hydrogens (primary N) is 1. The topological polar surface area (TPSA) is 85.1 Å². The Bertz CT molecular complexity index is 423. The molecular formula is C11H17N3O2S. The number of nitrogen functional groups attached to an aromatic ring is 1. The largest absolute Gasteiger partial charge is 0.399 e. The van der Waals surface area contributed by atoms with Crippen molar-refractivity contribution < 1.29 is 9.00 Å². The fraction of sp³-hybridized carbons (Fsp3) is 0.455. The van der Waals surface area contributed by atoms with Crippen molar-refractivity contribution in [2.24, 2.45) is 0 Å². The van der Waals surface area contributed by atoms with Gasteiger partial charge >= 0.3 is 0 Å². The number of nitrogens with one attached hydrogen (secondary N) is 1. The summed E-state index contributed by atoms with van der Waals surface area (Å²) in [5.74, 6) is -0.258. The fourth-order valence-electron chi connectivity index (χ4n) is 1.22. The zero-order valence-electron chi connectivity index (χ0n) is 9.97. The molecule has 0 aliphatic rings. The van der Waals surface area contributed by atoms with Crippen LogP contribution in [0.15, 0.2) is 18.3 Å². The normalized spacial score (nSPS) is 14.0. The molecule has 1 rings (SSSR count). The van der Waals surface area contributed by atoms with Crippen molar-refractivity contribution in [1.29, 1.82) is 0 Å². The van der Waals surface area contributed by atoms with Crippen LogP contribution >= 0.6 is 0 Å². The Balaban J connectivity index is 2.43. The number of nitrogens with zero attached hydrogens (tertiary/aromatic N) is 1. The summed E-state index contributed by atoms with van der Waals surface area (Å²) in [4.78, 5) is 15.6. The molecule has 0 bridgehead atoms. The van der Waals surface area contributed by atoms with Crippen LogP contribution in [-0.4, -0.2) is 33.2 Å². The maximum Gasteiger partial charge on any atom is 0.269 e. The van der Waals surface area contributed by atoms with Gasteiger partial charge in [-0.05, 0) is 18.6 Å². The van der Waals surface area contributed by atoms with E-state index in [1.807, 2.05) is 6.92 Å². The van der Waals surface area contributed by atoms with Gasteiger partial charge in [-0.25, -0.2) is 0 Å². The lowest BCUT2D eigenvalue weighted by molar-refractivity contribution is 0.0948. The van der Waals surface area contributed by atoms with Gasteiger partial charge in [0.05, 0.1) is 0 Å². The predicted molar refractivity (Wildman–Crippen MR) is 69.1 cm³/mol. The Morgan fingerprint density at radius 2 is 2.35 bits per heavy atom. The van der Waals surface area contributed by atoms with E-state index in [2.05, 4.69) is 10.3 Å². The lowest BCUT2D eigenvalue weighted by Crippen LogP contribution is -2.28. The van der Waals surface area contributed by atoms with Gasteiger partial charge in [-0.2, -0.15) is 0 Å². The summed E-state index contributed by atoms with van der Waals surface area (Å²) >= 11 is 0. The molecule has 1 amide bonds. The Morgan fingerprint density at radius 1 is 1.65 bits per heavy atom. The van der Waals surface area contributed by atoms with Crippen LogP contribution in [-0.2, 0) is 10.8 Å². The number of rotatable bonds is 5. The second kappa shape index (κ2) is 6.34. The third kappa shape index (κ3) is 4.52. The van der Waals surface area contributed by atoms with Gasteiger partial charge in [-0.3, -0.25) is 14.0 Å². The number of amides is 1. The van der Waals surface area contributed by atoms with Crippen molar-refractivity contribution in [2.75, 3.05) is 18.5 Å². The van der Waals surface area contributed by atoms with E-state index in [1.165, 1.54) is 12.3 Å². The van der Waals surface area contributed by atoms with Crippen molar-refractivity contribution in [1.82, 2.24) is 10.3 Å². The molecule has 1 aromatic rings. The zero-order chi connectivity index (χ0) is 12.8. The first-order chi connectivity index (χ1) is 8.00. The second-order valence-corrected chi connectivity index (χ2v) is 5.63. The third-order valence-corrected chi connectivity index (χ3v) is 3.79. The van der Waals surface area contributed by atoms with Crippen LogP contribution in [0.1, 0.15) is 23.8 Å². The Kier molecular flexibility index (Phi) is 5.09. The number of hydrogen-bond acceptors (Lipinski definition) is 4. The van der Waals surface area contributed by atoms with Crippen LogP contribution in [0.3, 0.4) is 0 Å². The van der Waals surface area contributed by atoms with E-state index in [4.69, 9.17) is 5.73 Å². The number of aromatic nitrogens is 1. The molecule has 0 spiro atoms. The minimum Gasteiger partial charge on any atom is -0.399 e. The summed E-state index contributed by atoms with van der Waals surface area (Å²) in [6.07, 6.45) is 3.83. The summed E-state index contributed by atoms with van der Waals surface area (Å²) < 4.78 is 11.1. The molecule has 3 N–H and O–H groups in total. The smallest absolute Gasteiger partial charge is 0.269 e. The van der Waals surface area contributed by atoms with E-state index in [9.17, 15) is 9.00 Å². The standard InChI is InChI=1S/C11H17N3O2S/c1-8(17(2)16)3-5-14-11(15)10-7-9(12)4-6-13-10/h4,6-8H,3,5H2,1-2H3,(H2,12,13)(H,14,15). The van der Waals surface area contributed by atoms with E-state index >= 15 is 0 Å². The van der Waals surface area contributed by atoms with Crippen LogP contribution in [0.2, 0.25) is 0 Å². The van der Waals surface area contributed by atoms with Gasteiger partial charge in [0, 0.05) is 40.7 Å². The Morgan fingerprint density at radius 3 is 2.94 bits per heavy atom. The molecule has 0 aliphatic heterocycles. The van der Waals surface area contributed by atoms with E-state index in [1.54, 1.807) is 12.3 Å². The lowest BCUT2D eigenvalue weighted by atomic mass is 10.3. The number of carbonyl (C=O) groups is 1. The quantitative estimate of drug-likeness (QED) is 0.804. The van der Waals surface area contributed by atoms with Crippen LogP contribution in [0.5, 0.6) is 0 Å². The average Bonchev–Trinajstić information content (AvgIpc) is 2.28. The summed E-state index contributed by atoms with van der Waals surface area (Å²) in [7, 11) is -0.860. The molecule has 17 heavy (non-hydrogen) atoms. The monoisotopic (exact) mass is 255 g/mol. The van der Waals surface area contributed by atoms with E-state index < -0.39 is 10.8 Å². The molecule has 6 heteroatoms. The number of anilines is 1. The molecule has 0 aliphatic carbocycles. The first kappa shape index (κ1) is 13.6. The van der Waals surface area contributed by atoms with Crippen LogP contribution < -0.4 is 11.1 Å². The second-order valence-electron chi connectivity index (χ2n) is 3.83. The highest BCUT2D eigenvalue weighted by molar-refractivity contribution is 7.84. The molecule has 1 aromatic heterocycles. The Hall–Kier alpha value is -1.43. The van der Waals surface area contributed by atoms with Gasteiger partial charge in [0.25, 0.3) is 5.91 Å². The van der Waals surface area contributed by atoms with Crippen molar-refractivity contribution in [3.05, 3.63) is 24.0 Å². The van der Waals surface area contributed by atoms with Crippen LogP contribution in [0.4, 0.5) is 5.69 Å². The summed E-state index contributed by atoms with van der Waals surface area (Å²) in [6, 6.07) is 3.15. The zero-order valence-corrected chi connectivity index (χ0v) is 10.8. The molecule has 2 unspecified atom stereocenters. The number of pyridine rings is 1.